The third kappa shape index (κ3) is 5.76. The van der Waals surface area contributed by atoms with Gasteiger partial charge in [0, 0.05) is 12.2 Å². The van der Waals surface area contributed by atoms with Gasteiger partial charge in [-0.15, -0.1) is 0 Å². The Hall–Kier alpha value is -2.32. The first kappa shape index (κ1) is 18.7. The molecule has 1 aromatic rings. The van der Waals surface area contributed by atoms with E-state index in [0.717, 1.165) is 0 Å². The molecular weight excluding hydrogens is 304 g/mol. The maximum atomic E-state index is 11.5. The number of rotatable bonds is 5. The number of nitrogen functional groups attached to an aromatic ring is 1. The van der Waals surface area contributed by atoms with Crippen molar-refractivity contribution in [2.75, 3.05) is 12.3 Å². The number of hydrogen-bond donors (Lipinski definition) is 5. The minimum Gasteiger partial charge on any atom is -0.478 e. The van der Waals surface area contributed by atoms with Crippen molar-refractivity contribution in [1.29, 1.82) is 0 Å². The van der Waals surface area contributed by atoms with E-state index in [9.17, 15) is 19.8 Å². The molecule has 0 spiro atoms. The first-order valence-electron chi connectivity index (χ1n) is 6.97. The molecule has 0 saturated carbocycles. The summed E-state index contributed by atoms with van der Waals surface area (Å²) in [5.41, 5.74) is 5.04. The Labute approximate surface area is 133 Å². The van der Waals surface area contributed by atoms with Gasteiger partial charge in [-0.3, -0.25) is 0 Å². The number of ether oxygens (including phenoxy) is 1. The van der Waals surface area contributed by atoms with Crippen LogP contribution in [0.2, 0.25) is 0 Å². The fourth-order valence-electron chi connectivity index (χ4n) is 1.80. The largest absolute Gasteiger partial charge is 0.478 e. The topological polar surface area (TPSA) is 142 Å². The second-order valence-corrected chi connectivity index (χ2v) is 6.05. The molecule has 0 aromatic heterocycles. The third-order valence-electron chi connectivity index (χ3n) is 2.87. The van der Waals surface area contributed by atoms with Crippen LogP contribution in [0.5, 0.6) is 0 Å². The predicted octanol–water partition coefficient (Wildman–Crippen LogP) is 0.886. The van der Waals surface area contributed by atoms with E-state index in [1.807, 2.05) is 0 Å². The Balaban J connectivity index is 2.66. The monoisotopic (exact) mass is 326 g/mol. The molecule has 23 heavy (non-hydrogen) atoms. The first-order chi connectivity index (χ1) is 10.5. The van der Waals surface area contributed by atoms with Crippen molar-refractivity contribution in [2.24, 2.45) is 0 Å². The summed E-state index contributed by atoms with van der Waals surface area (Å²) in [4.78, 5) is 22.4. The van der Waals surface area contributed by atoms with Crippen LogP contribution in [0, 0.1) is 0 Å². The van der Waals surface area contributed by atoms with E-state index in [1.54, 1.807) is 20.8 Å². The Morgan fingerprint density at radius 3 is 2.39 bits per heavy atom. The predicted molar refractivity (Wildman–Crippen MR) is 83.0 cm³/mol. The molecule has 0 bridgehead atoms. The summed E-state index contributed by atoms with van der Waals surface area (Å²) in [7, 11) is 0. The van der Waals surface area contributed by atoms with Crippen molar-refractivity contribution in [3.63, 3.8) is 0 Å². The Bertz CT molecular complexity index is 582. The first-order valence-corrected chi connectivity index (χ1v) is 6.97. The van der Waals surface area contributed by atoms with E-state index in [1.165, 1.54) is 18.2 Å². The molecule has 0 aliphatic carbocycles. The van der Waals surface area contributed by atoms with Crippen LogP contribution in [-0.2, 0) is 4.74 Å². The van der Waals surface area contributed by atoms with Crippen LogP contribution in [0.15, 0.2) is 18.2 Å². The summed E-state index contributed by atoms with van der Waals surface area (Å²) in [6.45, 7) is 4.86. The fraction of sp³-hybridized carbons (Fsp3) is 0.467. The minimum atomic E-state index is -1.34. The smallest absolute Gasteiger partial charge is 0.407 e. The molecule has 128 valence electrons. The number of nitrogens with two attached hydrogens (primary N) is 1. The second kappa shape index (κ2) is 7.30. The molecule has 1 rings (SSSR count). The van der Waals surface area contributed by atoms with Crippen molar-refractivity contribution in [3.8, 4) is 0 Å². The highest BCUT2D eigenvalue weighted by Gasteiger charge is 2.22. The summed E-state index contributed by atoms with van der Waals surface area (Å²) < 4.78 is 5.01. The molecular formula is C15H22N2O6. The van der Waals surface area contributed by atoms with Gasteiger partial charge in [0.05, 0.1) is 5.56 Å². The quantitative estimate of drug-likeness (QED) is 0.506. The zero-order valence-corrected chi connectivity index (χ0v) is 13.2. The molecule has 0 aliphatic rings. The number of aliphatic hydroxyl groups is 2. The van der Waals surface area contributed by atoms with Gasteiger partial charge in [0.15, 0.2) is 0 Å². The summed E-state index contributed by atoms with van der Waals surface area (Å²) in [5.74, 6) is -1.18. The number of amides is 1. The van der Waals surface area contributed by atoms with Crippen molar-refractivity contribution < 1.29 is 29.6 Å². The number of carboxylic acids is 1. The number of carbonyl (C=O) groups excluding carboxylic acids is 1. The maximum absolute atomic E-state index is 11.5. The van der Waals surface area contributed by atoms with Crippen LogP contribution in [-0.4, -0.2) is 45.6 Å². The number of hydrogen-bond acceptors (Lipinski definition) is 6. The Kier molecular flexibility index (Phi) is 5.94. The van der Waals surface area contributed by atoms with Crippen LogP contribution >= 0.6 is 0 Å². The second-order valence-electron chi connectivity index (χ2n) is 6.05. The van der Waals surface area contributed by atoms with E-state index in [-0.39, 0.29) is 23.4 Å². The van der Waals surface area contributed by atoms with Gasteiger partial charge in [-0.05, 0) is 38.5 Å². The molecule has 2 atom stereocenters. The zero-order valence-electron chi connectivity index (χ0n) is 13.2. The molecule has 8 heteroatoms. The van der Waals surface area contributed by atoms with Gasteiger partial charge in [-0.1, -0.05) is 6.07 Å². The maximum Gasteiger partial charge on any atom is 0.407 e. The Morgan fingerprint density at radius 2 is 1.91 bits per heavy atom. The van der Waals surface area contributed by atoms with Crippen molar-refractivity contribution >= 4 is 17.7 Å². The van der Waals surface area contributed by atoms with E-state index in [0.29, 0.717) is 0 Å². The molecule has 8 nitrogen and oxygen atoms in total. The van der Waals surface area contributed by atoms with E-state index < -0.39 is 29.9 Å². The van der Waals surface area contributed by atoms with Gasteiger partial charge in [0.2, 0.25) is 0 Å². The standard InChI is InChI=1S/C15H22N2O6/c1-15(2,3)23-14(22)17-7-11(18)12(19)8-4-5-9(13(20)21)10(16)6-8/h4-6,11-12,18-19H,7,16H2,1-3H3,(H,17,22)(H,20,21). The molecule has 1 aromatic carbocycles. The van der Waals surface area contributed by atoms with Crippen LogP contribution in [0.3, 0.4) is 0 Å². The fourth-order valence-corrected chi connectivity index (χ4v) is 1.80. The van der Waals surface area contributed by atoms with Crippen LogP contribution < -0.4 is 11.1 Å². The number of aliphatic hydroxyl groups excluding tert-OH is 2. The van der Waals surface area contributed by atoms with Crippen LogP contribution in [0.1, 0.15) is 42.8 Å². The SMILES string of the molecule is CC(C)(C)OC(=O)NCC(O)C(O)c1ccc(C(=O)O)c(N)c1. The summed E-state index contributed by atoms with van der Waals surface area (Å²) in [6.07, 6.45) is -3.36. The Morgan fingerprint density at radius 1 is 1.30 bits per heavy atom. The highest BCUT2D eigenvalue weighted by Crippen LogP contribution is 2.22. The van der Waals surface area contributed by atoms with Gasteiger partial charge in [-0.2, -0.15) is 0 Å². The van der Waals surface area contributed by atoms with Crippen molar-refractivity contribution in [3.05, 3.63) is 29.3 Å². The van der Waals surface area contributed by atoms with Gasteiger partial charge in [0.1, 0.15) is 17.8 Å². The van der Waals surface area contributed by atoms with Crippen molar-refractivity contribution in [1.82, 2.24) is 5.32 Å². The molecule has 0 fully saturated rings. The number of aromatic carboxylic acids is 1. The lowest BCUT2D eigenvalue weighted by Crippen LogP contribution is -2.38. The van der Waals surface area contributed by atoms with Crippen LogP contribution in [0.25, 0.3) is 0 Å². The number of carbonyl (C=O) groups is 2. The van der Waals surface area contributed by atoms with Gasteiger partial charge in [-0.25, -0.2) is 9.59 Å². The summed E-state index contributed by atoms with van der Waals surface area (Å²) >= 11 is 0. The van der Waals surface area contributed by atoms with Crippen LogP contribution in [0.4, 0.5) is 10.5 Å². The van der Waals surface area contributed by atoms with E-state index in [2.05, 4.69) is 5.32 Å². The molecule has 0 heterocycles. The highest BCUT2D eigenvalue weighted by atomic mass is 16.6. The lowest BCUT2D eigenvalue weighted by Gasteiger charge is -2.22. The molecule has 6 N–H and O–H groups in total. The number of nitrogens with one attached hydrogen (secondary N) is 1. The number of carboxylic acid groups (broad SMARTS) is 1. The van der Waals surface area contributed by atoms with E-state index >= 15 is 0 Å². The normalized spacial score (nSPS) is 14.0. The van der Waals surface area contributed by atoms with Gasteiger partial charge < -0.3 is 31.1 Å². The molecule has 0 radical (unpaired) electrons. The average molecular weight is 326 g/mol. The molecule has 0 aliphatic heterocycles. The number of alkyl carbamates (subject to hydrolysis) is 1. The third-order valence-corrected chi connectivity index (χ3v) is 2.87. The van der Waals surface area contributed by atoms with E-state index in [4.69, 9.17) is 15.6 Å². The average Bonchev–Trinajstić information content (AvgIpc) is 2.41. The van der Waals surface area contributed by atoms with Gasteiger partial charge in [0.25, 0.3) is 0 Å². The van der Waals surface area contributed by atoms with Crippen molar-refractivity contribution in [2.45, 2.75) is 38.6 Å². The zero-order chi connectivity index (χ0) is 17.8. The van der Waals surface area contributed by atoms with Gasteiger partial charge >= 0.3 is 12.1 Å². The lowest BCUT2D eigenvalue weighted by molar-refractivity contribution is 0.0129. The summed E-state index contributed by atoms with van der Waals surface area (Å²) in [6, 6.07) is 3.86. The lowest BCUT2D eigenvalue weighted by atomic mass is 10.0. The molecule has 1 amide bonds. The number of benzene rings is 1. The highest BCUT2D eigenvalue weighted by molar-refractivity contribution is 5.93. The minimum absolute atomic E-state index is 0.0265. The number of anilines is 1. The molecule has 2 unspecified atom stereocenters. The summed E-state index contributed by atoms with van der Waals surface area (Å²) in [5, 5.41) is 31.2. The molecule has 0 saturated heterocycles.